The predicted octanol–water partition coefficient (Wildman–Crippen LogP) is 4.75. The Morgan fingerprint density at radius 2 is 1.76 bits per heavy atom. The smallest absolute Gasteiger partial charge is 0.253 e. The third-order valence-corrected chi connectivity index (χ3v) is 5.75. The zero-order chi connectivity index (χ0) is 23.2. The van der Waals surface area contributed by atoms with E-state index < -0.39 is 0 Å². The highest BCUT2D eigenvalue weighted by Gasteiger charge is 2.14. The SMILES string of the molecule is COc1ccc2cc(CN(Cc3ccc(F)cc3)C(=S)NCc3ccccc3)c(=O)[nH]c2c1. The van der Waals surface area contributed by atoms with Gasteiger partial charge in [0.2, 0.25) is 0 Å². The van der Waals surface area contributed by atoms with Crippen molar-refractivity contribution in [1.29, 1.82) is 0 Å². The molecule has 1 heterocycles. The molecule has 0 bridgehead atoms. The molecule has 0 radical (unpaired) electrons. The number of ether oxygens (including phenoxy) is 1. The number of fused-ring (bicyclic) bond motifs is 1. The number of benzene rings is 3. The van der Waals surface area contributed by atoms with Crippen LogP contribution in [0.4, 0.5) is 4.39 Å². The molecule has 0 aliphatic carbocycles. The minimum absolute atomic E-state index is 0.189. The van der Waals surface area contributed by atoms with E-state index in [1.165, 1.54) is 12.1 Å². The second-order valence-electron chi connectivity index (χ2n) is 7.70. The quantitative estimate of drug-likeness (QED) is 0.389. The minimum Gasteiger partial charge on any atom is -0.497 e. The molecule has 4 aromatic rings. The van der Waals surface area contributed by atoms with Gasteiger partial charge in [0, 0.05) is 24.7 Å². The number of hydrogen-bond acceptors (Lipinski definition) is 3. The first-order valence-electron chi connectivity index (χ1n) is 10.5. The molecule has 0 spiro atoms. The summed E-state index contributed by atoms with van der Waals surface area (Å²) in [5, 5.41) is 4.69. The molecule has 168 valence electrons. The van der Waals surface area contributed by atoms with Gasteiger partial charge in [0.25, 0.3) is 5.56 Å². The van der Waals surface area contributed by atoms with Gasteiger partial charge in [0.05, 0.1) is 19.2 Å². The number of thiocarbonyl (C=S) groups is 1. The van der Waals surface area contributed by atoms with Crippen molar-refractivity contribution >= 4 is 28.2 Å². The largest absolute Gasteiger partial charge is 0.497 e. The molecule has 3 aromatic carbocycles. The Hall–Kier alpha value is -3.71. The molecule has 33 heavy (non-hydrogen) atoms. The summed E-state index contributed by atoms with van der Waals surface area (Å²) in [7, 11) is 1.59. The van der Waals surface area contributed by atoms with Gasteiger partial charge in [-0.2, -0.15) is 0 Å². The summed E-state index contributed by atoms with van der Waals surface area (Å²) in [5.74, 6) is 0.381. The van der Waals surface area contributed by atoms with Crippen molar-refractivity contribution in [2.75, 3.05) is 7.11 Å². The van der Waals surface area contributed by atoms with Crippen molar-refractivity contribution in [3.05, 3.63) is 112 Å². The monoisotopic (exact) mass is 461 g/mol. The Labute approximate surface area is 196 Å². The second kappa shape index (κ2) is 10.3. The molecule has 0 aliphatic rings. The van der Waals surface area contributed by atoms with Crippen molar-refractivity contribution in [2.45, 2.75) is 19.6 Å². The Kier molecular flexibility index (Phi) is 7.00. The summed E-state index contributed by atoms with van der Waals surface area (Å²) < 4.78 is 18.6. The van der Waals surface area contributed by atoms with Gasteiger partial charge in [-0.25, -0.2) is 4.39 Å². The van der Waals surface area contributed by atoms with Crippen molar-refractivity contribution in [2.24, 2.45) is 0 Å². The van der Waals surface area contributed by atoms with Gasteiger partial charge in [-0.1, -0.05) is 42.5 Å². The van der Waals surface area contributed by atoms with Crippen LogP contribution in [0.2, 0.25) is 0 Å². The maximum Gasteiger partial charge on any atom is 0.253 e. The van der Waals surface area contributed by atoms with Crippen molar-refractivity contribution in [1.82, 2.24) is 15.2 Å². The zero-order valence-electron chi connectivity index (χ0n) is 18.2. The van der Waals surface area contributed by atoms with Crippen LogP contribution in [0, 0.1) is 5.82 Å². The number of hydrogen-bond donors (Lipinski definition) is 2. The van der Waals surface area contributed by atoms with E-state index in [0.29, 0.717) is 41.6 Å². The highest BCUT2D eigenvalue weighted by atomic mass is 32.1. The van der Waals surface area contributed by atoms with Gasteiger partial charge in [-0.3, -0.25) is 4.79 Å². The molecule has 0 aliphatic heterocycles. The van der Waals surface area contributed by atoms with E-state index in [2.05, 4.69) is 10.3 Å². The van der Waals surface area contributed by atoms with Crippen molar-refractivity contribution in [3.63, 3.8) is 0 Å². The second-order valence-corrected chi connectivity index (χ2v) is 8.09. The van der Waals surface area contributed by atoms with Crippen LogP contribution >= 0.6 is 12.2 Å². The summed E-state index contributed by atoms with van der Waals surface area (Å²) in [6.07, 6.45) is 0. The highest BCUT2D eigenvalue weighted by molar-refractivity contribution is 7.80. The molecule has 0 fully saturated rings. The fourth-order valence-electron chi connectivity index (χ4n) is 3.57. The van der Waals surface area contributed by atoms with Crippen LogP contribution in [-0.2, 0) is 19.6 Å². The lowest BCUT2D eigenvalue weighted by atomic mass is 10.1. The normalized spacial score (nSPS) is 10.7. The van der Waals surface area contributed by atoms with E-state index in [4.69, 9.17) is 17.0 Å². The number of methoxy groups -OCH3 is 1. The molecule has 7 heteroatoms. The Bertz CT molecular complexity index is 1310. The number of nitrogens with one attached hydrogen (secondary N) is 2. The zero-order valence-corrected chi connectivity index (χ0v) is 19.0. The highest BCUT2D eigenvalue weighted by Crippen LogP contribution is 2.19. The predicted molar refractivity (Wildman–Crippen MR) is 133 cm³/mol. The maximum absolute atomic E-state index is 13.4. The van der Waals surface area contributed by atoms with Crippen LogP contribution in [0.3, 0.4) is 0 Å². The molecule has 2 N–H and O–H groups in total. The maximum atomic E-state index is 13.4. The molecule has 0 atom stereocenters. The van der Waals surface area contributed by atoms with Crippen LogP contribution in [0.15, 0.2) is 83.7 Å². The molecular weight excluding hydrogens is 437 g/mol. The topological polar surface area (TPSA) is 57.4 Å². The number of halogens is 1. The summed E-state index contributed by atoms with van der Waals surface area (Å²) in [6, 6.07) is 23.6. The van der Waals surface area contributed by atoms with E-state index in [1.807, 2.05) is 53.4 Å². The number of nitrogens with zero attached hydrogens (tertiary/aromatic N) is 1. The Balaban J connectivity index is 1.59. The lowest BCUT2D eigenvalue weighted by Crippen LogP contribution is -2.39. The number of pyridine rings is 1. The average Bonchev–Trinajstić information content (AvgIpc) is 2.84. The van der Waals surface area contributed by atoms with Crippen molar-refractivity contribution < 1.29 is 9.13 Å². The Morgan fingerprint density at radius 1 is 1.00 bits per heavy atom. The van der Waals surface area contributed by atoms with Crippen LogP contribution in [-0.4, -0.2) is 22.1 Å². The van der Waals surface area contributed by atoms with Gasteiger partial charge in [0.15, 0.2) is 5.11 Å². The number of aromatic nitrogens is 1. The molecule has 1 aromatic heterocycles. The van der Waals surface area contributed by atoms with E-state index in [1.54, 1.807) is 25.3 Å². The van der Waals surface area contributed by atoms with Gasteiger partial charge < -0.3 is 19.9 Å². The van der Waals surface area contributed by atoms with Crippen LogP contribution in [0.5, 0.6) is 5.75 Å². The van der Waals surface area contributed by atoms with Crippen LogP contribution in [0.25, 0.3) is 10.9 Å². The first kappa shape index (κ1) is 22.5. The minimum atomic E-state index is -0.295. The van der Waals surface area contributed by atoms with Gasteiger partial charge in [-0.05, 0) is 59.1 Å². The molecule has 4 rings (SSSR count). The molecule has 0 amide bonds. The summed E-state index contributed by atoms with van der Waals surface area (Å²) >= 11 is 5.68. The van der Waals surface area contributed by atoms with Gasteiger partial charge in [0.1, 0.15) is 11.6 Å². The molecular formula is C26H24FN3O2S. The summed E-state index contributed by atoms with van der Waals surface area (Å²) in [5.41, 5.74) is 3.09. The first-order valence-corrected chi connectivity index (χ1v) is 10.9. The lowest BCUT2D eigenvalue weighted by Gasteiger charge is -2.26. The molecule has 0 saturated heterocycles. The standard InChI is InChI=1S/C26H24FN3O2S/c1-32-23-12-9-20-13-21(25(31)29-24(20)14-23)17-30(16-19-7-10-22(27)11-8-19)26(33)28-15-18-5-3-2-4-6-18/h2-14H,15-17H2,1H3,(H,28,33)(H,29,31). The lowest BCUT2D eigenvalue weighted by molar-refractivity contribution is 0.397. The fraction of sp³-hybridized carbons (Fsp3) is 0.154. The van der Waals surface area contributed by atoms with Crippen LogP contribution in [0.1, 0.15) is 16.7 Å². The van der Waals surface area contributed by atoms with E-state index >= 15 is 0 Å². The third-order valence-electron chi connectivity index (χ3n) is 5.35. The first-order chi connectivity index (χ1) is 16.0. The summed E-state index contributed by atoms with van der Waals surface area (Å²) in [6.45, 7) is 1.30. The van der Waals surface area contributed by atoms with Gasteiger partial charge >= 0.3 is 0 Å². The number of rotatable bonds is 7. The van der Waals surface area contributed by atoms with E-state index in [0.717, 1.165) is 16.5 Å². The molecule has 5 nitrogen and oxygen atoms in total. The number of aromatic amines is 1. The summed E-state index contributed by atoms with van der Waals surface area (Å²) in [4.78, 5) is 17.7. The van der Waals surface area contributed by atoms with E-state index in [9.17, 15) is 9.18 Å². The van der Waals surface area contributed by atoms with E-state index in [-0.39, 0.29) is 11.4 Å². The average molecular weight is 462 g/mol. The van der Waals surface area contributed by atoms with Crippen molar-refractivity contribution in [3.8, 4) is 5.75 Å². The molecule has 0 saturated carbocycles. The third kappa shape index (κ3) is 5.75. The fourth-order valence-corrected chi connectivity index (χ4v) is 3.77. The van der Waals surface area contributed by atoms with Gasteiger partial charge in [-0.15, -0.1) is 0 Å². The van der Waals surface area contributed by atoms with Crippen LogP contribution < -0.4 is 15.6 Å². The number of H-pyrrole nitrogens is 1. The Morgan fingerprint density at radius 3 is 2.48 bits per heavy atom. The molecule has 0 unspecified atom stereocenters.